The summed E-state index contributed by atoms with van der Waals surface area (Å²) in [5, 5.41) is 3.29. The molecule has 3 N–H and O–H groups in total. The summed E-state index contributed by atoms with van der Waals surface area (Å²) in [5.74, 6) is 0.399. The Labute approximate surface area is 87.4 Å². The van der Waals surface area contributed by atoms with Gasteiger partial charge in [-0.15, -0.1) is 0 Å². The van der Waals surface area contributed by atoms with Gasteiger partial charge in [-0.2, -0.15) is 0 Å². The third-order valence-electron chi connectivity index (χ3n) is 2.14. The van der Waals surface area contributed by atoms with Crippen LogP contribution in [0.2, 0.25) is 0 Å². The minimum Gasteiger partial charge on any atom is -0.330 e. The number of nitrogens with two attached hydrogens (primary N) is 1. The van der Waals surface area contributed by atoms with Gasteiger partial charge in [-0.25, -0.2) is 0 Å². The standard InChI is InChI=1S/C11H24N2O/c1-8(2)11(14)10(6-5-7-12)13-9(3)4/h8-10,13H,5-7,12H2,1-4H3/t10-/m1/s1. The summed E-state index contributed by atoms with van der Waals surface area (Å²) in [5.41, 5.74) is 5.44. The Morgan fingerprint density at radius 3 is 2.21 bits per heavy atom. The fourth-order valence-electron chi connectivity index (χ4n) is 1.43. The van der Waals surface area contributed by atoms with Crippen LogP contribution in [0, 0.1) is 5.92 Å². The first-order valence-corrected chi connectivity index (χ1v) is 5.48. The van der Waals surface area contributed by atoms with Crippen molar-refractivity contribution in [3.05, 3.63) is 0 Å². The Hall–Kier alpha value is -0.410. The Bertz CT molecular complexity index is 167. The molecule has 0 aliphatic carbocycles. The molecule has 0 unspecified atom stereocenters. The van der Waals surface area contributed by atoms with Crippen molar-refractivity contribution in [1.29, 1.82) is 0 Å². The number of ketones is 1. The molecule has 1 atom stereocenters. The highest BCUT2D eigenvalue weighted by Gasteiger charge is 2.20. The van der Waals surface area contributed by atoms with Crippen molar-refractivity contribution in [3.63, 3.8) is 0 Å². The van der Waals surface area contributed by atoms with Crippen LogP contribution in [0.15, 0.2) is 0 Å². The number of carbonyl (C=O) groups excluding carboxylic acids is 1. The molecule has 0 fully saturated rings. The van der Waals surface area contributed by atoms with Crippen LogP contribution in [-0.4, -0.2) is 24.4 Å². The normalized spacial score (nSPS) is 13.6. The Morgan fingerprint density at radius 2 is 1.86 bits per heavy atom. The molecule has 3 nitrogen and oxygen atoms in total. The van der Waals surface area contributed by atoms with Crippen molar-refractivity contribution in [3.8, 4) is 0 Å². The average molecular weight is 200 g/mol. The summed E-state index contributed by atoms with van der Waals surface area (Å²) < 4.78 is 0. The van der Waals surface area contributed by atoms with Crippen LogP contribution in [0.5, 0.6) is 0 Å². The van der Waals surface area contributed by atoms with Gasteiger partial charge in [-0.3, -0.25) is 4.79 Å². The average Bonchev–Trinajstić information content (AvgIpc) is 2.10. The van der Waals surface area contributed by atoms with E-state index in [9.17, 15) is 4.79 Å². The van der Waals surface area contributed by atoms with Gasteiger partial charge in [-0.1, -0.05) is 27.7 Å². The van der Waals surface area contributed by atoms with Gasteiger partial charge in [-0.05, 0) is 19.4 Å². The van der Waals surface area contributed by atoms with Crippen molar-refractivity contribution in [2.75, 3.05) is 6.54 Å². The highest BCUT2D eigenvalue weighted by atomic mass is 16.1. The molecule has 0 rings (SSSR count). The van der Waals surface area contributed by atoms with E-state index in [-0.39, 0.29) is 12.0 Å². The molecule has 0 aromatic carbocycles. The van der Waals surface area contributed by atoms with Gasteiger partial charge in [0.2, 0.25) is 0 Å². The second-order valence-corrected chi connectivity index (χ2v) is 4.36. The summed E-state index contributed by atoms with van der Waals surface area (Å²) in [6.07, 6.45) is 1.76. The lowest BCUT2D eigenvalue weighted by Gasteiger charge is -2.21. The molecule has 0 bridgehead atoms. The van der Waals surface area contributed by atoms with E-state index >= 15 is 0 Å². The third-order valence-corrected chi connectivity index (χ3v) is 2.14. The predicted octanol–water partition coefficient (Wildman–Crippen LogP) is 1.32. The van der Waals surface area contributed by atoms with Gasteiger partial charge in [0.1, 0.15) is 0 Å². The van der Waals surface area contributed by atoms with Crippen molar-refractivity contribution in [1.82, 2.24) is 5.32 Å². The summed E-state index contributed by atoms with van der Waals surface area (Å²) in [4.78, 5) is 11.8. The topological polar surface area (TPSA) is 55.1 Å². The van der Waals surface area contributed by atoms with E-state index in [1.54, 1.807) is 0 Å². The molecule has 0 spiro atoms. The first kappa shape index (κ1) is 13.6. The van der Waals surface area contributed by atoms with Gasteiger partial charge in [0.15, 0.2) is 5.78 Å². The van der Waals surface area contributed by atoms with Gasteiger partial charge in [0.05, 0.1) is 6.04 Å². The zero-order valence-electron chi connectivity index (χ0n) is 9.84. The van der Waals surface area contributed by atoms with Crippen molar-refractivity contribution < 1.29 is 4.79 Å². The quantitative estimate of drug-likeness (QED) is 0.651. The summed E-state index contributed by atoms with van der Waals surface area (Å²) in [7, 11) is 0. The Kier molecular flexibility index (Phi) is 6.75. The molecular weight excluding hydrogens is 176 g/mol. The van der Waals surface area contributed by atoms with Crippen LogP contribution in [0.3, 0.4) is 0 Å². The largest absolute Gasteiger partial charge is 0.330 e. The molecular formula is C11H24N2O. The van der Waals surface area contributed by atoms with Gasteiger partial charge in [0.25, 0.3) is 0 Å². The molecule has 0 heterocycles. The van der Waals surface area contributed by atoms with E-state index in [1.807, 2.05) is 13.8 Å². The molecule has 0 amide bonds. The zero-order valence-corrected chi connectivity index (χ0v) is 9.84. The smallest absolute Gasteiger partial charge is 0.152 e. The van der Waals surface area contributed by atoms with Gasteiger partial charge >= 0.3 is 0 Å². The van der Waals surface area contributed by atoms with Gasteiger partial charge in [0, 0.05) is 12.0 Å². The van der Waals surface area contributed by atoms with Crippen molar-refractivity contribution in [2.45, 2.75) is 52.6 Å². The van der Waals surface area contributed by atoms with Gasteiger partial charge < -0.3 is 11.1 Å². The fourth-order valence-corrected chi connectivity index (χ4v) is 1.43. The first-order valence-electron chi connectivity index (χ1n) is 5.48. The number of nitrogens with one attached hydrogen (secondary N) is 1. The van der Waals surface area contributed by atoms with Crippen molar-refractivity contribution >= 4 is 5.78 Å². The minimum atomic E-state index is -0.0152. The second kappa shape index (κ2) is 6.96. The zero-order chi connectivity index (χ0) is 11.1. The minimum absolute atomic E-state index is 0.0152. The number of hydrogen-bond donors (Lipinski definition) is 2. The lowest BCUT2D eigenvalue weighted by Crippen LogP contribution is -2.43. The van der Waals surface area contributed by atoms with E-state index < -0.39 is 0 Å². The van der Waals surface area contributed by atoms with E-state index in [0.717, 1.165) is 12.8 Å². The molecule has 0 saturated carbocycles. The third kappa shape index (κ3) is 5.35. The maximum absolute atomic E-state index is 11.8. The highest BCUT2D eigenvalue weighted by molar-refractivity contribution is 5.85. The molecule has 3 heteroatoms. The summed E-state index contributed by atoms with van der Waals surface area (Å²) >= 11 is 0. The summed E-state index contributed by atoms with van der Waals surface area (Å²) in [6, 6.07) is 0.332. The number of Topliss-reactive ketones (excluding diaryl/α,β-unsaturated/α-hetero) is 1. The molecule has 0 aromatic heterocycles. The Balaban J connectivity index is 4.15. The molecule has 14 heavy (non-hydrogen) atoms. The summed E-state index contributed by atoms with van der Waals surface area (Å²) in [6.45, 7) is 8.66. The van der Waals surface area contributed by atoms with Crippen LogP contribution in [0.1, 0.15) is 40.5 Å². The van der Waals surface area contributed by atoms with Crippen LogP contribution in [0.25, 0.3) is 0 Å². The Morgan fingerprint density at radius 1 is 1.29 bits per heavy atom. The lowest BCUT2D eigenvalue weighted by molar-refractivity contribution is -0.124. The molecule has 84 valence electrons. The maximum atomic E-state index is 11.8. The SMILES string of the molecule is CC(C)N[C@H](CCCN)C(=O)C(C)C. The van der Waals surface area contributed by atoms with Crippen LogP contribution in [0.4, 0.5) is 0 Å². The monoisotopic (exact) mass is 200 g/mol. The second-order valence-electron chi connectivity index (χ2n) is 4.36. The van der Waals surface area contributed by atoms with E-state index in [2.05, 4.69) is 19.2 Å². The number of hydrogen-bond acceptors (Lipinski definition) is 3. The number of rotatable bonds is 7. The predicted molar refractivity (Wildman–Crippen MR) is 60.2 cm³/mol. The molecule has 0 radical (unpaired) electrons. The molecule has 0 aliphatic heterocycles. The van der Waals surface area contributed by atoms with Crippen LogP contribution < -0.4 is 11.1 Å². The maximum Gasteiger partial charge on any atom is 0.152 e. The lowest BCUT2D eigenvalue weighted by atomic mass is 9.97. The number of carbonyl (C=O) groups is 1. The fraction of sp³-hybridized carbons (Fsp3) is 0.909. The van der Waals surface area contributed by atoms with Crippen molar-refractivity contribution in [2.24, 2.45) is 11.7 Å². The first-order chi connectivity index (χ1) is 6.49. The molecule has 0 aromatic rings. The van der Waals surface area contributed by atoms with E-state index in [4.69, 9.17) is 5.73 Å². The van der Waals surface area contributed by atoms with E-state index in [1.165, 1.54) is 0 Å². The van der Waals surface area contributed by atoms with Crippen LogP contribution >= 0.6 is 0 Å². The highest BCUT2D eigenvalue weighted by Crippen LogP contribution is 2.06. The van der Waals surface area contributed by atoms with E-state index in [0.29, 0.717) is 18.4 Å². The molecule has 0 saturated heterocycles. The molecule has 0 aliphatic rings. The van der Waals surface area contributed by atoms with Crippen LogP contribution in [-0.2, 0) is 4.79 Å².